The lowest BCUT2D eigenvalue weighted by molar-refractivity contribution is -0.121. The van der Waals surface area contributed by atoms with Gasteiger partial charge in [-0.2, -0.15) is 0 Å². The third-order valence-corrected chi connectivity index (χ3v) is 3.72. The van der Waals surface area contributed by atoms with Crippen molar-refractivity contribution >= 4 is 5.91 Å². The molecule has 6 heteroatoms. The summed E-state index contributed by atoms with van der Waals surface area (Å²) in [6.45, 7) is 1.95. The zero-order chi connectivity index (χ0) is 14.4. The van der Waals surface area contributed by atoms with Gasteiger partial charge in [0.15, 0.2) is 0 Å². The molecule has 6 nitrogen and oxygen atoms in total. The number of nitrogens with one attached hydrogen (secondary N) is 1. The van der Waals surface area contributed by atoms with E-state index >= 15 is 0 Å². The summed E-state index contributed by atoms with van der Waals surface area (Å²) in [4.78, 5) is 11.7. The van der Waals surface area contributed by atoms with Crippen LogP contribution in [0.2, 0.25) is 0 Å². The van der Waals surface area contributed by atoms with Crippen molar-refractivity contribution in [3.05, 3.63) is 11.8 Å². The summed E-state index contributed by atoms with van der Waals surface area (Å²) >= 11 is 0. The minimum Gasteiger partial charge on any atom is -0.425 e. The van der Waals surface area contributed by atoms with E-state index in [4.69, 9.17) is 9.52 Å². The average Bonchev–Trinajstić information content (AvgIpc) is 3.07. The van der Waals surface area contributed by atoms with Gasteiger partial charge in [0.2, 0.25) is 17.7 Å². The molecule has 1 aromatic rings. The Morgan fingerprint density at radius 2 is 2.20 bits per heavy atom. The number of hydrogen-bond acceptors (Lipinski definition) is 5. The van der Waals surface area contributed by atoms with E-state index in [-0.39, 0.29) is 18.6 Å². The number of aryl methyl sites for hydroxylation is 1. The second kappa shape index (κ2) is 7.38. The number of aromatic nitrogens is 2. The first-order chi connectivity index (χ1) is 9.69. The smallest absolute Gasteiger partial charge is 0.220 e. The molecule has 1 unspecified atom stereocenters. The number of aliphatic hydroxyl groups excluding tert-OH is 1. The number of hydrogen-bond donors (Lipinski definition) is 2. The first kappa shape index (κ1) is 15.0. The molecule has 1 saturated carbocycles. The summed E-state index contributed by atoms with van der Waals surface area (Å²) in [5, 5.41) is 19.7. The van der Waals surface area contributed by atoms with Crippen LogP contribution < -0.4 is 5.32 Å². The van der Waals surface area contributed by atoms with E-state index in [0.29, 0.717) is 31.1 Å². The molecule has 1 atom stereocenters. The standard InChI is InChI=1S/C14H23N3O3/c1-10(8-9-18)15-12(19)6-7-13-16-17-14(20-13)11-4-2-3-5-11/h10-11,18H,2-9H2,1H3,(H,15,19). The number of carbonyl (C=O) groups excluding carboxylic acids is 1. The molecule has 0 radical (unpaired) electrons. The van der Waals surface area contributed by atoms with Crippen molar-refractivity contribution in [3.8, 4) is 0 Å². The molecule has 1 fully saturated rings. The fourth-order valence-corrected chi connectivity index (χ4v) is 2.54. The number of rotatable bonds is 7. The molecule has 20 heavy (non-hydrogen) atoms. The predicted octanol–water partition coefficient (Wildman–Crippen LogP) is 1.55. The monoisotopic (exact) mass is 281 g/mol. The normalized spacial score (nSPS) is 17.3. The van der Waals surface area contributed by atoms with Gasteiger partial charge < -0.3 is 14.8 Å². The third kappa shape index (κ3) is 4.30. The van der Waals surface area contributed by atoms with Crippen LogP contribution in [0.3, 0.4) is 0 Å². The Bertz CT molecular complexity index is 427. The lowest BCUT2D eigenvalue weighted by Gasteiger charge is -2.11. The zero-order valence-corrected chi connectivity index (χ0v) is 12.0. The van der Waals surface area contributed by atoms with Crippen LogP contribution in [0.4, 0.5) is 0 Å². The summed E-state index contributed by atoms with van der Waals surface area (Å²) in [5.41, 5.74) is 0. The molecule has 1 aliphatic rings. The van der Waals surface area contributed by atoms with Gasteiger partial charge in [-0.25, -0.2) is 0 Å². The van der Waals surface area contributed by atoms with Gasteiger partial charge >= 0.3 is 0 Å². The second-order valence-electron chi connectivity index (χ2n) is 5.50. The summed E-state index contributed by atoms with van der Waals surface area (Å²) < 4.78 is 5.63. The van der Waals surface area contributed by atoms with Gasteiger partial charge in [0.1, 0.15) is 0 Å². The first-order valence-electron chi connectivity index (χ1n) is 7.41. The van der Waals surface area contributed by atoms with E-state index < -0.39 is 0 Å². The summed E-state index contributed by atoms with van der Waals surface area (Å²) in [6, 6.07) is -0.00997. The van der Waals surface area contributed by atoms with Crippen LogP contribution in [0.5, 0.6) is 0 Å². The number of carbonyl (C=O) groups is 1. The molecular weight excluding hydrogens is 258 g/mol. The minimum absolute atomic E-state index is 0.00997. The predicted molar refractivity (Wildman–Crippen MR) is 73.1 cm³/mol. The third-order valence-electron chi connectivity index (χ3n) is 3.72. The molecule has 0 saturated heterocycles. The Labute approximate surface area is 119 Å². The zero-order valence-electron chi connectivity index (χ0n) is 12.0. The lowest BCUT2D eigenvalue weighted by Crippen LogP contribution is -2.33. The van der Waals surface area contributed by atoms with Gasteiger partial charge in [0, 0.05) is 31.4 Å². The summed E-state index contributed by atoms with van der Waals surface area (Å²) in [6.07, 6.45) is 6.08. The van der Waals surface area contributed by atoms with Gasteiger partial charge in [0.05, 0.1) is 0 Å². The maximum Gasteiger partial charge on any atom is 0.220 e. The number of aliphatic hydroxyl groups is 1. The quantitative estimate of drug-likeness (QED) is 0.791. The van der Waals surface area contributed by atoms with Crippen LogP contribution in [0.15, 0.2) is 4.42 Å². The van der Waals surface area contributed by atoms with Crippen LogP contribution in [0, 0.1) is 0 Å². The minimum atomic E-state index is -0.0495. The Morgan fingerprint density at radius 3 is 2.90 bits per heavy atom. The van der Waals surface area contributed by atoms with Crippen molar-refractivity contribution in [2.75, 3.05) is 6.61 Å². The Kier molecular flexibility index (Phi) is 5.52. The van der Waals surface area contributed by atoms with Crippen molar-refractivity contribution in [3.63, 3.8) is 0 Å². The van der Waals surface area contributed by atoms with Crippen LogP contribution in [0.1, 0.15) is 63.1 Å². The fourth-order valence-electron chi connectivity index (χ4n) is 2.54. The van der Waals surface area contributed by atoms with Gasteiger partial charge in [-0.3, -0.25) is 4.79 Å². The van der Waals surface area contributed by atoms with E-state index in [1.807, 2.05) is 6.92 Å². The molecule has 112 valence electrons. The van der Waals surface area contributed by atoms with Crippen molar-refractivity contribution in [1.29, 1.82) is 0 Å². The van der Waals surface area contributed by atoms with Crippen LogP contribution >= 0.6 is 0 Å². The largest absolute Gasteiger partial charge is 0.425 e. The second-order valence-corrected chi connectivity index (χ2v) is 5.50. The van der Waals surface area contributed by atoms with E-state index in [2.05, 4.69) is 15.5 Å². The maximum absolute atomic E-state index is 11.7. The van der Waals surface area contributed by atoms with Gasteiger partial charge in [0.25, 0.3) is 0 Å². The molecule has 0 spiro atoms. The van der Waals surface area contributed by atoms with Crippen LogP contribution in [-0.4, -0.2) is 33.9 Å². The molecule has 1 amide bonds. The van der Waals surface area contributed by atoms with Crippen molar-refractivity contribution in [2.24, 2.45) is 0 Å². The summed E-state index contributed by atoms with van der Waals surface area (Å²) in [7, 11) is 0. The van der Waals surface area contributed by atoms with E-state index in [0.717, 1.165) is 18.7 Å². The molecule has 0 aliphatic heterocycles. The maximum atomic E-state index is 11.7. The number of amides is 1. The van der Waals surface area contributed by atoms with Crippen LogP contribution in [-0.2, 0) is 11.2 Å². The molecule has 2 rings (SSSR count). The van der Waals surface area contributed by atoms with Crippen molar-refractivity contribution in [2.45, 2.75) is 63.8 Å². The number of nitrogens with zero attached hydrogens (tertiary/aromatic N) is 2. The topological polar surface area (TPSA) is 88.2 Å². The lowest BCUT2D eigenvalue weighted by atomic mass is 10.1. The molecule has 1 heterocycles. The van der Waals surface area contributed by atoms with Crippen molar-refractivity contribution < 1.29 is 14.3 Å². The van der Waals surface area contributed by atoms with Crippen molar-refractivity contribution in [1.82, 2.24) is 15.5 Å². The molecule has 0 bridgehead atoms. The Hall–Kier alpha value is -1.43. The molecular formula is C14H23N3O3. The highest BCUT2D eigenvalue weighted by molar-refractivity contribution is 5.76. The van der Waals surface area contributed by atoms with E-state index in [1.165, 1.54) is 12.8 Å². The Morgan fingerprint density at radius 1 is 1.45 bits per heavy atom. The van der Waals surface area contributed by atoms with Gasteiger partial charge in [-0.05, 0) is 26.2 Å². The molecule has 2 N–H and O–H groups in total. The van der Waals surface area contributed by atoms with Crippen LogP contribution in [0.25, 0.3) is 0 Å². The molecule has 1 aliphatic carbocycles. The highest BCUT2D eigenvalue weighted by Crippen LogP contribution is 2.33. The van der Waals surface area contributed by atoms with E-state index in [1.54, 1.807) is 0 Å². The molecule has 0 aromatic carbocycles. The fraction of sp³-hybridized carbons (Fsp3) is 0.786. The highest BCUT2D eigenvalue weighted by atomic mass is 16.4. The summed E-state index contributed by atoms with van der Waals surface area (Å²) in [5.74, 6) is 1.63. The highest BCUT2D eigenvalue weighted by Gasteiger charge is 2.22. The first-order valence-corrected chi connectivity index (χ1v) is 7.41. The average molecular weight is 281 g/mol. The Balaban J connectivity index is 1.75. The van der Waals surface area contributed by atoms with E-state index in [9.17, 15) is 4.79 Å². The van der Waals surface area contributed by atoms with Gasteiger partial charge in [-0.1, -0.05) is 12.8 Å². The van der Waals surface area contributed by atoms with Gasteiger partial charge in [-0.15, -0.1) is 10.2 Å². The SMILES string of the molecule is CC(CCO)NC(=O)CCc1nnc(C2CCCC2)o1. The molecule has 1 aromatic heterocycles.